The van der Waals surface area contributed by atoms with Gasteiger partial charge in [-0.2, -0.15) is 13.2 Å². The lowest BCUT2D eigenvalue weighted by Crippen LogP contribution is -2.49. The number of benzene rings is 3. The van der Waals surface area contributed by atoms with Gasteiger partial charge in [0.15, 0.2) is 0 Å². The van der Waals surface area contributed by atoms with Crippen LogP contribution in [0.5, 0.6) is 5.75 Å². The summed E-state index contributed by atoms with van der Waals surface area (Å²) in [5, 5.41) is 14.1. The predicted molar refractivity (Wildman–Crippen MR) is 223 cm³/mol. The number of nitrogens with zero attached hydrogens (tertiary/aromatic N) is 3. The summed E-state index contributed by atoms with van der Waals surface area (Å²) in [6.07, 6.45) is -4.26. The summed E-state index contributed by atoms with van der Waals surface area (Å²) in [6, 6.07) is 7.35. The molecule has 3 unspecified atom stereocenters. The van der Waals surface area contributed by atoms with Crippen LogP contribution in [0.25, 0.3) is 11.1 Å². The van der Waals surface area contributed by atoms with Gasteiger partial charge in [-0.1, -0.05) is 0 Å². The Morgan fingerprint density at radius 1 is 1.00 bits per heavy atom. The molecule has 0 spiro atoms. The highest BCUT2D eigenvalue weighted by atomic mass is 127. The molecule has 2 bridgehead atoms. The molecule has 4 aromatic rings. The van der Waals surface area contributed by atoms with Crippen molar-refractivity contribution in [2.24, 2.45) is 0 Å². The van der Waals surface area contributed by atoms with E-state index in [9.17, 15) is 37.1 Å². The van der Waals surface area contributed by atoms with Crippen molar-refractivity contribution < 1.29 is 50.5 Å². The number of ether oxygens (including phenoxy) is 2. The molecule has 1 aromatic heterocycles. The molecule has 1 amide bonds. The quantitative estimate of drug-likeness (QED) is 0.0797. The molecule has 4 heterocycles. The average Bonchev–Trinajstić information content (AvgIpc) is 3.43. The lowest BCUT2D eigenvalue weighted by molar-refractivity contribution is -0.144. The van der Waals surface area contributed by atoms with Gasteiger partial charge < -0.3 is 24.8 Å². The SMILES string of the molecule is CCOC(=O)C[C@H](NC(=O)C(c1cc(I)ccc1F)n1cc(CCN2CC(F)C2)c(C(F)(F)F)cc1=O)c1cc(-c2c(C)cc(N3C4CCC3COC4)cc2O)cc(C)c1F. The highest BCUT2D eigenvalue weighted by Crippen LogP contribution is 2.42. The van der Waals surface area contributed by atoms with Crippen molar-refractivity contribution in [2.75, 3.05) is 44.4 Å². The number of aromatic nitrogens is 1. The minimum absolute atomic E-state index is 0.0127. The Morgan fingerprint density at radius 2 is 1.70 bits per heavy atom. The molecule has 326 valence electrons. The number of morpholine rings is 1. The average molecular weight is 967 g/mol. The fourth-order valence-electron chi connectivity index (χ4n) is 8.76. The number of halogens is 7. The van der Waals surface area contributed by atoms with E-state index in [1.807, 2.05) is 28.7 Å². The number of phenolic OH excluding ortho intramolecular Hbond substituents is 1. The van der Waals surface area contributed by atoms with Crippen molar-refractivity contribution >= 4 is 40.2 Å². The van der Waals surface area contributed by atoms with E-state index in [0.29, 0.717) is 44.1 Å². The van der Waals surface area contributed by atoms with Gasteiger partial charge in [-0.3, -0.25) is 23.9 Å². The van der Waals surface area contributed by atoms with Gasteiger partial charge in [0, 0.05) is 63.9 Å². The van der Waals surface area contributed by atoms with E-state index < -0.39 is 71.0 Å². The summed E-state index contributed by atoms with van der Waals surface area (Å²) in [5.41, 5.74) is -1.22. The third-order valence-electron chi connectivity index (χ3n) is 11.6. The summed E-state index contributed by atoms with van der Waals surface area (Å²) in [6.45, 7) is 5.96. The standard InChI is InChI=1S/C44H45F6IN4O6/c1-4-61-39(58)17-36(33-13-26(11-24(3)41(33)47)40-23(2)12-31(15-37(40)56)55-29-6-7-30(55)22-60-21-29)52-43(59)42(32-14-28(51)5-8-35(32)46)54-18-25(9-10-53-19-27(45)20-53)34(16-38(54)57)44(48,49)50/h5,8,11-16,18,27,29-30,36,42,56H,4,6-7,9-10,17,19-22H2,1-3H3,(H,52,59)/t29?,30?,36-,42?/m0/s1. The van der Waals surface area contributed by atoms with E-state index in [2.05, 4.69) is 10.2 Å². The number of esters is 1. The van der Waals surface area contributed by atoms with Gasteiger partial charge in [0.25, 0.3) is 5.56 Å². The summed E-state index contributed by atoms with van der Waals surface area (Å²) in [5.74, 6) is -3.85. The van der Waals surface area contributed by atoms with E-state index in [-0.39, 0.29) is 67.2 Å². The molecule has 3 aromatic carbocycles. The lowest BCUT2D eigenvalue weighted by atomic mass is 9.91. The predicted octanol–water partition coefficient (Wildman–Crippen LogP) is 7.70. The van der Waals surface area contributed by atoms with Crippen molar-refractivity contribution in [2.45, 2.75) is 83.0 Å². The molecular formula is C44H45F6IN4O6. The number of phenols is 1. The van der Waals surface area contributed by atoms with E-state index in [1.165, 1.54) is 31.2 Å². The van der Waals surface area contributed by atoms with Crippen LogP contribution >= 0.6 is 22.6 Å². The van der Waals surface area contributed by atoms with Gasteiger partial charge in [-0.25, -0.2) is 13.2 Å². The zero-order valence-electron chi connectivity index (χ0n) is 33.6. The number of hydrogen-bond donors (Lipinski definition) is 2. The van der Waals surface area contributed by atoms with Crippen molar-refractivity contribution in [3.05, 3.63) is 114 Å². The third kappa shape index (κ3) is 9.43. The Balaban J connectivity index is 1.30. The number of nitrogens with one attached hydrogen (secondary N) is 1. The molecule has 10 nitrogen and oxygen atoms in total. The molecule has 3 saturated heterocycles. The van der Waals surface area contributed by atoms with Crippen LogP contribution in [0, 0.1) is 29.1 Å². The molecule has 2 N–H and O–H groups in total. The largest absolute Gasteiger partial charge is 0.507 e. The van der Waals surface area contributed by atoms with Crippen molar-refractivity contribution in [3.63, 3.8) is 0 Å². The molecule has 61 heavy (non-hydrogen) atoms. The van der Waals surface area contributed by atoms with Crippen LogP contribution < -0.4 is 15.8 Å². The molecule has 17 heteroatoms. The summed E-state index contributed by atoms with van der Waals surface area (Å²) in [7, 11) is 0. The molecule has 7 rings (SSSR count). The number of anilines is 1. The number of alkyl halides is 4. The molecule has 3 aliphatic rings. The molecular weight excluding hydrogens is 921 g/mol. The Morgan fingerprint density at radius 3 is 2.34 bits per heavy atom. The normalized spacial score (nSPS) is 19.1. The Bertz CT molecular complexity index is 2350. The number of pyridine rings is 1. The highest BCUT2D eigenvalue weighted by Gasteiger charge is 2.39. The minimum Gasteiger partial charge on any atom is -0.507 e. The van der Waals surface area contributed by atoms with Crippen molar-refractivity contribution in [3.8, 4) is 16.9 Å². The molecule has 3 fully saturated rings. The van der Waals surface area contributed by atoms with Gasteiger partial charge in [0.05, 0.1) is 49.9 Å². The maximum Gasteiger partial charge on any atom is 0.416 e. The molecule has 0 radical (unpaired) electrons. The van der Waals surface area contributed by atoms with E-state index in [4.69, 9.17) is 9.47 Å². The van der Waals surface area contributed by atoms with Gasteiger partial charge in [-0.05, 0) is 121 Å². The summed E-state index contributed by atoms with van der Waals surface area (Å²) in [4.78, 5) is 45.4. The number of fused-ring (bicyclic) bond motifs is 2. The topological polar surface area (TPSA) is 113 Å². The number of rotatable bonds is 13. The molecule has 0 aliphatic carbocycles. The Hall–Kier alpha value is -4.62. The number of amides is 1. The van der Waals surface area contributed by atoms with Crippen LogP contribution in [0.1, 0.15) is 71.7 Å². The zero-order valence-corrected chi connectivity index (χ0v) is 35.8. The smallest absolute Gasteiger partial charge is 0.416 e. The lowest BCUT2D eigenvalue weighted by Gasteiger charge is -2.37. The number of carbonyl (C=O) groups excluding carboxylic acids is 2. The first-order chi connectivity index (χ1) is 28.9. The number of hydrogen-bond acceptors (Lipinski definition) is 8. The van der Waals surface area contributed by atoms with Crippen LogP contribution in [0.15, 0.2) is 59.5 Å². The Kier molecular flexibility index (Phi) is 13.1. The van der Waals surface area contributed by atoms with Gasteiger partial charge >= 0.3 is 12.1 Å². The number of aromatic hydroxyl groups is 1. The second-order valence-electron chi connectivity index (χ2n) is 15.9. The maximum atomic E-state index is 16.4. The Labute approximate surface area is 362 Å². The first-order valence-corrected chi connectivity index (χ1v) is 21.1. The second-order valence-corrected chi connectivity index (χ2v) is 17.1. The molecule has 4 atom stereocenters. The fraction of sp³-hybridized carbons (Fsp3) is 0.432. The van der Waals surface area contributed by atoms with Crippen molar-refractivity contribution in [1.29, 1.82) is 0 Å². The zero-order chi connectivity index (χ0) is 43.9. The summed E-state index contributed by atoms with van der Waals surface area (Å²) < 4.78 is 101. The van der Waals surface area contributed by atoms with E-state index in [1.54, 1.807) is 24.8 Å². The van der Waals surface area contributed by atoms with E-state index in [0.717, 1.165) is 30.8 Å². The van der Waals surface area contributed by atoms with Gasteiger partial charge in [0.2, 0.25) is 5.91 Å². The van der Waals surface area contributed by atoms with Crippen LogP contribution in [-0.4, -0.2) is 84.2 Å². The number of carbonyl (C=O) groups is 2. The van der Waals surface area contributed by atoms with Gasteiger partial charge in [-0.15, -0.1) is 0 Å². The van der Waals surface area contributed by atoms with Crippen LogP contribution in [0.4, 0.5) is 32.0 Å². The third-order valence-corrected chi connectivity index (χ3v) is 12.3. The van der Waals surface area contributed by atoms with Crippen LogP contribution in [0.3, 0.4) is 0 Å². The van der Waals surface area contributed by atoms with Crippen molar-refractivity contribution in [1.82, 2.24) is 14.8 Å². The first kappa shape index (κ1) is 44.4. The minimum atomic E-state index is -4.98. The monoisotopic (exact) mass is 966 g/mol. The first-order valence-electron chi connectivity index (χ1n) is 20.0. The summed E-state index contributed by atoms with van der Waals surface area (Å²) >= 11 is 1.85. The second kappa shape index (κ2) is 18.0. The molecule has 3 aliphatic heterocycles. The number of likely N-dealkylation sites (tertiary alicyclic amines) is 1. The molecule has 0 saturated carbocycles. The van der Waals surface area contributed by atoms with Gasteiger partial charge in [0.1, 0.15) is 29.6 Å². The number of aryl methyl sites for hydroxylation is 2. The highest BCUT2D eigenvalue weighted by molar-refractivity contribution is 14.1. The fourth-order valence-corrected chi connectivity index (χ4v) is 9.28. The maximum absolute atomic E-state index is 16.4. The van der Waals surface area contributed by atoms with Crippen LogP contribution in [-0.2, 0) is 31.7 Å². The van der Waals surface area contributed by atoms with E-state index >= 15 is 8.78 Å². The van der Waals surface area contributed by atoms with Crippen LogP contribution in [0.2, 0.25) is 0 Å².